The van der Waals surface area contributed by atoms with Gasteiger partial charge in [-0.3, -0.25) is 4.68 Å². The summed E-state index contributed by atoms with van der Waals surface area (Å²) in [5, 5.41) is 20.1. The zero-order valence-electron chi connectivity index (χ0n) is 12.0. The van der Waals surface area contributed by atoms with E-state index < -0.39 is 0 Å². The van der Waals surface area contributed by atoms with Crippen molar-refractivity contribution in [2.24, 2.45) is 14.1 Å². The smallest absolute Gasteiger partial charge is 0.176 e. The van der Waals surface area contributed by atoms with E-state index in [-0.39, 0.29) is 6.04 Å². The highest BCUT2D eigenvalue weighted by molar-refractivity contribution is 5.14. The Bertz CT molecular complexity index is 528. The van der Waals surface area contributed by atoms with Gasteiger partial charge in [-0.15, -0.1) is 10.2 Å². The van der Waals surface area contributed by atoms with Crippen molar-refractivity contribution in [2.75, 3.05) is 6.54 Å². The second-order valence-electron chi connectivity index (χ2n) is 4.74. The molecule has 0 aliphatic rings. The Morgan fingerprint density at radius 2 is 2.11 bits per heavy atom. The molecular weight excluding hydrogens is 242 g/mol. The van der Waals surface area contributed by atoms with Gasteiger partial charge in [0.2, 0.25) is 0 Å². The van der Waals surface area contributed by atoms with E-state index in [0.29, 0.717) is 6.42 Å². The fourth-order valence-electron chi connectivity index (χ4n) is 2.14. The van der Waals surface area contributed by atoms with Gasteiger partial charge < -0.3 is 5.32 Å². The van der Waals surface area contributed by atoms with Crippen LogP contribution in [0.3, 0.4) is 0 Å². The van der Waals surface area contributed by atoms with Gasteiger partial charge in [0, 0.05) is 13.5 Å². The van der Waals surface area contributed by atoms with Gasteiger partial charge in [0.1, 0.15) is 0 Å². The van der Waals surface area contributed by atoms with Crippen LogP contribution in [0.2, 0.25) is 0 Å². The largest absolute Gasteiger partial charge is 0.308 e. The van der Waals surface area contributed by atoms with Crippen molar-refractivity contribution < 1.29 is 0 Å². The zero-order chi connectivity index (χ0) is 13.8. The van der Waals surface area contributed by atoms with E-state index in [9.17, 15) is 0 Å². The second-order valence-corrected chi connectivity index (χ2v) is 4.74. The fraction of sp³-hybridized carbons (Fsp3) is 0.667. The van der Waals surface area contributed by atoms with Crippen molar-refractivity contribution in [3.63, 3.8) is 0 Å². The van der Waals surface area contributed by atoms with E-state index in [1.807, 2.05) is 18.7 Å². The summed E-state index contributed by atoms with van der Waals surface area (Å²) in [6.45, 7) is 5.11. The number of aromatic nitrogens is 6. The van der Waals surface area contributed by atoms with Crippen LogP contribution in [0.5, 0.6) is 0 Å². The van der Waals surface area contributed by atoms with Gasteiger partial charge in [0.15, 0.2) is 5.82 Å². The maximum atomic E-state index is 4.40. The predicted molar refractivity (Wildman–Crippen MR) is 71.5 cm³/mol. The molecular formula is C12H21N7. The molecule has 0 saturated heterocycles. The Kier molecular flexibility index (Phi) is 4.26. The van der Waals surface area contributed by atoms with E-state index in [1.54, 1.807) is 7.05 Å². The molecule has 0 amide bonds. The number of aryl methyl sites for hydroxylation is 3. The molecule has 0 bridgehead atoms. The first kappa shape index (κ1) is 13.7. The quantitative estimate of drug-likeness (QED) is 0.823. The number of tetrazole rings is 1. The molecule has 0 aliphatic heterocycles. The summed E-state index contributed by atoms with van der Waals surface area (Å²) in [6.07, 6.45) is 1.80. The van der Waals surface area contributed by atoms with E-state index in [4.69, 9.17) is 0 Å². The monoisotopic (exact) mass is 263 g/mol. The van der Waals surface area contributed by atoms with Gasteiger partial charge in [-0.05, 0) is 31.2 Å². The van der Waals surface area contributed by atoms with Crippen molar-refractivity contribution in [3.8, 4) is 0 Å². The van der Waals surface area contributed by atoms with Gasteiger partial charge in [-0.2, -0.15) is 9.90 Å². The van der Waals surface area contributed by atoms with Crippen LogP contribution in [0, 0.1) is 6.92 Å². The SMILES string of the molecule is CCCNC(Cc1nnn(C)n1)c1cc(C)nn1C. The summed E-state index contributed by atoms with van der Waals surface area (Å²) in [7, 11) is 3.74. The Labute approximate surface area is 113 Å². The normalized spacial score (nSPS) is 12.8. The van der Waals surface area contributed by atoms with Gasteiger partial charge in [0.25, 0.3) is 0 Å². The van der Waals surface area contributed by atoms with Crippen molar-refractivity contribution >= 4 is 0 Å². The maximum Gasteiger partial charge on any atom is 0.176 e. The average Bonchev–Trinajstić information content (AvgIpc) is 2.91. The topological polar surface area (TPSA) is 73.5 Å². The van der Waals surface area contributed by atoms with Crippen molar-refractivity contribution in [1.29, 1.82) is 0 Å². The molecule has 0 spiro atoms. The minimum atomic E-state index is 0.162. The summed E-state index contributed by atoms with van der Waals surface area (Å²) in [6, 6.07) is 2.26. The Balaban J connectivity index is 2.18. The molecule has 2 aromatic rings. The summed E-state index contributed by atoms with van der Waals surface area (Å²) < 4.78 is 1.92. The molecule has 0 saturated carbocycles. The molecule has 0 fully saturated rings. The van der Waals surface area contributed by atoms with Crippen LogP contribution >= 0.6 is 0 Å². The molecule has 1 atom stereocenters. The third kappa shape index (κ3) is 3.37. The lowest BCUT2D eigenvalue weighted by Crippen LogP contribution is -2.26. The Hall–Kier alpha value is -1.76. The molecule has 1 N–H and O–H groups in total. The van der Waals surface area contributed by atoms with Crippen LogP contribution in [0.15, 0.2) is 6.07 Å². The minimum Gasteiger partial charge on any atom is -0.308 e. The fourth-order valence-corrected chi connectivity index (χ4v) is 2.14. The molecule has 2 rings (SSSR count). The molecule has 2 aromatic heterocycles. The molecule has 0 aliphatic carbocycles. The highest BCUT2D eigenvalue weighted by Crippen LogP contribution is 2.17. The highest BCUT2D eigenvalue weighted by atomic mass is 15.6. The number of hydrogen-bond donors (Lipinski definition) is 1. The van der Waals surface area contributed by atoms with E-state index in [0.717, 1.165) is 30.2 Å². The van der Waals surface area contributed by atoms with Gasteiger partial charge in [0.05, 0.1) is 24.5 Å². The zero-order valence-corrected chi connectivity index (χ0v) is 12.0. The molecule has 104 valence electrons. The lowest BCUT2D eigenvalue weighted by Gasteiger charge is -2.17. The van der Waals surface area contributed by atoms with Gasteiger partial charge >= 0.3 is 0 Å². The molecule has 1 unspecified atom stereocenters. The lowest BCUT2D eigenvalue weighted by atomic mass is 10.1. The Morgan fingerprint density at radius 1 is 1.32 bits per heavy atom. The van der Waals surface area contributed by atoms with Crippen molar-refractivity contribution in [2.45, 2.75) is 32.7 Å². The molecule has 7 nitrogen and oxygen atoms in total. The Morgan fingerprint density at radius 3 is 2.63 bits per heavy atom. The summed E-state index contributed by atoms with van der Waals surface area (Å²) in [5.41, 5.74) is 2.17. The summed E-state index contributed by atoms with van der Waals surface area (Å²) in [5.74, 6) is 0.745. The predicted octanol–water partition coefficient (Wildman–Crippen LogP) is 0.535. The lowest BCUT2D eigenvalue weighted by molar-refractivity contribution is 0.483. The minimum absolute atomic E-state index is 0.162. The standard InChI is InChI=1S/C12H21N7/c1-5-6-13-10(8-12-14-17-19(4)16-12)11-7-9(2)15-18(11)3/h7,10,13H,5-6,8H2,1-4H3. The first-order valence-corrected chi connectivity index (χ1v) is 6.57. The first-order valence-electron chi connectivity index (χ1n) is 6.57. The number of nitrogens with one attached hydrogen (secondary N) is 1. The molecule has 0 radical (unpaired) electrons. The van der Waals surface area contributed by atoms with Crippen LogP contribution in [0.1, 0.15) is 36.6 Å². The second kappa shape index (κ2) is 5.92. The third-order valence-electron chi connectivity index (χ3n) is 2.97. The average molecular weight is 263 g/mol. The molecule has 2 heterocycles. The van der Waals surface area contributed by atoms with Crippen LogP contribution in [0.4, 0.5) is 0 Å². The van der Waals surface area contributed by atoms with Crippen molar-refractivity contribution in [3.05, 3.63) is 23.3 Å². The number of rotatable bonds is 6. The molecule has 0 aromatic carbocycles. The van der Waals surface area contributed by atoms with Gasteiger partial charge in [-0.1, -0.05) is 6.92 Å². The molecule has 7 heteroatoms. The van der Waals surface area contributed by atoms with Gasteiger partial charge in [-0.25, -0.2) is 0 Å². The summed E-state index contributed by atoms with van der Waals surface area (Å²) >= 11 is 0. The van der Waals surface area contributed by atoms with Crippen LogP contribution < -0.4 is 5.32 Å². The highest BCUT2D eigenvalue weighted by Gasteiger charge is 2.18. The van der Waals surface area contributed by atoms with E-state index in [1.165, 1.54) is 4.80 Å². The van der Waals surface area contributed by atoms with E-state index in [2.05, 4.69) is 38.8 Å². The van der Waals surface area contributed by atoms with Crippen molar-refractivity contribution in [1.82, 2.24) is 35.3 Å². The van der Waals surface area contributed by atoms with Crippen LogP contribution in [-0.2, 0) is 20.5 Å². The molecule has 19 heavy (non-hydrogen) atoms. The first-order chi connectivity index (χ1) is 9.10. The number of nitrogens with zero attached hydrogens (tertiary/aromatic N) is 6. The maximum absolute atomic E-state index is 4.40. The van der Waals surface area contributed by atoms with Crippen LogP contribution in [-0.4, -0.2) is 36.5 Å². The van der Waals surface area contributed by atoms with E-state index >= 15 is 0 Å². The van der Waals surface area contributed by atoms with Crippen LogP contribution in [0.25, 0.3) is 0 Å². The summed E-state index contributed by atoms with van der Waals surface area (Å²) in [4.78, 5) is 1.49. The number of hydrogen-bond acceptors (Lipinski definition) is 5. The third-order valence-corrected chi connectivity index (χ3v) is 2.97.